The summed E-state index contributed by atoms with van der Waals surface area (Å²) in [7, 11) is 0. The number of benzene rings is 1. The molecule has 0 spiro atoms. The zero-order valence-corrected chi connectivity index (χ0v) is 11.3. The van der Waals surface area contributed by atoms with Crippen molar-refractivity contribution >= 4 is 11.8 Å². The van der Waals surface area contributed by atoms with Crippen LogP contribution in [-0.2, 0) is 10.2 Å². The molecule has 0 aliphatic rings. The Morgan fingerprint density at radius 2 is 1.84 bits per heavy atom. The van der Waals surface area contributed by atoms with Gasteiger partial charge in [-0.2, -0.15) is 0 Å². The zero-order chi connectivity index (χ0) is 14.5. The monoisotopic (exact) mass is 264 g/mol. The van der Waals surface area contributed by atoms with E-state index in [9.17, 15) is 9.59 Å². The summed E-state index contributed by atoms with van der Waals surface area (Å²) in [6.07, 6.45) is 0.530. The molecule has 0 aliphatic carbocycles. The highest BCUT2D eigenvalue weighted by molar-refractivity contribution is 5.93. The SMILES string of the molecule is CC(C)(C(=O)NCCCO)c1ccc(C(N)=O)cc1. The van der Waals surface area contributed by atoms with Crippen molar-refractivity contribution in [2.45, 2.75) is 25.7 Å². The van der Waals surface area contributed by atoms with Crippen LogP contribution in [0.5, 0.6) is 0 Å². The second-order valence-electron chi connectivity index (χ2n) is 4.90. The lowest BCUT2D eigenvalue weighted by Crippen LogP contribution is -2.40. The Morgan fingerprint density at radius 3 is 2.32 bits per heavy atom. The Balaban J connectivity index is 2.81. The van der Waals surface area contributed by atoms with Gasteiger partial charge in [0.05, 0.1) is 5.41 Å². The van der Waals surface area contributed by atoms with Gasteiger partial charge in [0, 0.05) is 18.7 Å². The standard InChI is InChI=1S/C14H20N2O3/c1-14(2,13(19)16-8-3-9-17)11-6-4-10(5-7-11)12(15)18/h4-7,17H,3,8-9H2,1-2H3,(H2,15,18)(H,16,19). The summed E-state index contributed by atoms with van der Waals surface area (Å²) < 4.78 is 0. The Labute approximate surface area is 112 Å². The smallest absolute Gasteiger partial charge is 0.248 e. The van der Waals surface area contributed by atoms with Gasteiger partial charge in [0.15, 0.2) is 0 Å². The largest absolute Gasteiger partial charge is 0.396 e. The lowest BCUT2D eigenvalue weighted by Gasteiger charge is -2.24. The molecule has 0 aromatic heterocycles. The molecule has 0 aliphatic heterocycles. The molecule has 0 heterocycles. The van der Waals surface area contributed by atoms with Gasteiger partial charge in [-0.1, -0.05) is 12.1 Å². The normalized spacial score (nSPS) is 11.1. The topological polar surface area (TPSA) is 92.4 Å². The van der Waals surface area contributed by atoms with Crippen LogP contribution in [0.25, 0.3) is 0 Å². The first kappa shape index (κ1) is 15.2. The molecule has 1 aromatic carbocycles. The first-order valence-corrected chi connectivity index (χ1v) is 6.19. The Morgan fingerprint density at radius 1 is 1.26 bits per heavy atom. The van der Waals surface area contributed by atoms with Crippen molar-refractivity contribution in [3.05, 3.63) is 35.4 Å². The van der Waals surface area contributed by atoms with Gasteiger partial charge in [-0.15, -0.1) is 0 Å². The fourth-order valence-electron chi connectivity index (χ4n) is 1.68. The minimum atomic E-state index is -0.703. The van der Waals surface area contributed by atoms with Crippen LogP contribution < -0.4 is 11.1 Å². The Hall–Kier alpha value is -1.88. The highest BCUT2D eigenvalue weighted by Gasteiger charge is 2.29. The van der Waals surface area contributed by atoms with Crippen molar-refractivity contribution in [2.24, 2.45) is 5.73 Å². The molecule has 4 N–H and O–H groups in total. The quantitative estimate of drug-likeness (QED) is 0.655. The van der Waals surface area contributed by atoms with Gasteiger partial charge >= 0.3 is 0 Å². The summed E-state index contributed by atoms with van der Waals surface area (Å²) in [6, 6.07) is 6.68. The van der Waals surface area contributed by atoms with Crippen LogP contribution in [0.2, 0.25) is 0 Å². The lowest BCUT2D eigenvalue weighted by molar-refractivity contribution is -0.125. The lowest BCUT2D eigenvalue weighted by atomic mass is 9.83. The van der Waals surface area contributed by atoms with E-state index in [-0.39, 0.29) is 12.5 Å². The van der Waals surface area contributed by atoms with E-state index in [1.54, 1.807) is 38.1 Å². The van der Waals surface area contributed by atoms with Crippen molar-refractivity contribution in [1.82, 2.24) is 5.32 Å². The third kappa shape index (κ3) is 3.79. The fourth-order valence-corrected chi connectivity index (χ4v) is 1.68. The molecule has 104 valence electrons. The molecule has 0 bridgehead atoms. The van der Waals surface area contributed by atoms with Crippen molar-refractivity contribution in [2.75, 3.05) is 13.2 Å². The first-order chi connectivity index (χ1) is 8.89. The summed E-state index contributed by atoms with van der Waals surface area (Å²) in [4.78, 5) is 23.1. The summed E-state index contributed by atoms with van der Waals surface area (Å²) in [6.45, 7) is 4.10. The number of hydrogen-bond acceptors (Lipinski definition) is 3. The maximum atomic E-state index is 12.1. The van der Waals surface area contributed by atoms with Gasteiger partial charge in [0.1, 0.15) is 0 Å². The highest BCUT2D eigenvalue weighted by Crippen LogP contribution is 2.23. The molecule has 2 amide bonds. The fraction of sp³-hybridized carbons (Fsp3) is 0.429. The van der Waals surface area contributed by atoms with Crippen LogP contribution in [0.4, 0.5) is 0 Å². The second kappa shape index (κ2) is 6.33. The number of carbonyl (C=O) groups is 2. The van der Waals surface area contributed by atoms with Crippen LogP contribution in [0.3, 0.4) is 0 Å². The van der Waals surface area contributed by atoms with Crippen molar-refractivity contribution in [3.8, 4) is 0 Å². The van der Waals surface area contributed by atoms with Gasteiger partial charge in [-0.25, -0.2) is 0 Å². The number of nitrogens with two attached hydrogens (primary N) is 1. The Bertz CT molecular complexity index is 452. The molecule has 5 nitrogen and oxygen atoms in total. The molecule has 1 rings (SSSR count). The highest BCUT2D eigenvalue weighted by atomic mass is 16.3. The molecule has 5 heteroatoms. The van der Waals surface area contributed by atoms with E-state index in [4.69, 9.17) is 10.8 Å². The number of nitrogens with one attached hydrogen (secondary N) is 1. The van der Waals surface area contributed by atoms with Gasteiger partial charge in [-0.3, -0.25) is 9.59 Å². The third-order valence-electron chi connectivity index (χ3n) is 3.08. The summed E-state index contributed by atoms with van der Waals surface area (Å²) in [5.74, 6) is -0.607. The van der Waals surface area contributed by atoms with E-state index in [1.807, 2.05) is 0 Å². The minimum Gasteiger partial charge on any atom is -0.396 e. The van der Waals surface area contributed by atoms with Gasteiger partial charge < -0.3 is 16.2 Å². The first-order valence-electron chi connectivity index (χ1n) is 6.19. The minimum absolute atomic E-state index is 0.0496. The number of hydrogen-bond donors (Lipinski definition) is 3. The molecule has 0 unspecified atom stereocenters. The van der Waals surface area contributed by atoms with E-state index in [0.717, 1.165) is 5.56 Å². The van der Waals surface area contributed by atoms with Crippen molar-refractivity contribution in [1.29, 1.82) is 0 Å². The average Bonchev–Trinajstić information content (AvgIpc) is 2.39. The molecule has 19 heavy (non-hydrogen) atoms. The van der Waals surface area contributed by atoms with Crippen molar-refractivity contribution in [3.63, 3.8) is 0 Å². The van der Waals surface area contributed by atoms with E-state index < -0.39 is 11.3 Å². The summed E-state index contributed by atoms with van der Waals surface area (Å²) in [5, 5.41) is 11.5. The zero-order valence-electron chi connectivity index (χ0n) is 11.3. The molecule has 0 saturated heterocycles. The number of aliphatic hydroxyl groups excluding tert-OH is 1. The van der Waals surface area contributed by atoms with Gasteiger partial charge in [-0.05, 0) is 38.0 Å². The predicted octanol–water partition coefficient (Wildman–Crippen LogP) is 0.562. The van der Waals surface area contributed by atoms with Crippen LogP contribution in [0.15, 0.2) is 24.3 Å². The maximum absolute atomic E-state index is 12.1. The number of aliphatic hydroxyl groups is 1. The maximum Gasteiger partial charge on any atom is 0.248 e. The molecule has 0 fully saturated rings. The number of amides is 2. The Kier molecular flexibility index (Phi) is 5.06. The summed E-state index contributed by atoms with van der Waals surface area (Å²) >= 11 is 0. The van der Waals surface area contributed by atoms with Crippen molar-refractivity contribution < 1.29 is 14.7 Å². The van der Waals surface area contributed by atoms with E-state index in [1.165, 1.54) is 0 Å². The number of carbonyl (C=O) groups excluding carboxylic acids is 2. The molecule has 0 atom stereocenters. The summed E-state index contributed by atoms with van der Waals surface area (Å²) in [5.41, 5.74) is 5.69. The van der Waals surface area contributed by atoms with Crippen LogP contribution in [0.1, 0.15) is 36.2 Å². The van der Waals surface area contributed by atoms with Crippen LogP contribution >= 0.6 is 0 Å². The van der Waals surface area contributed by atoms with E-state index >= 15 is 0 Å². The van der Waals surface area contributed by atoms with Gasteiger partial charge in [0.25, 0.3) is 0 Å². The number of rotatable bonds is 6. The van der Waals surface area contributed by atoms with Crippen LogP contribution in [-0.4, -0.2) is 30.1 Å². The number of primary amides is 1. The molecular formula is C14H20N2O3. The van der Waals surface area contributed by atoms with Gasteiger partial charge in [0.2, 0.25) is 11.8 Å². The van der Waals surface area contributed by atoms with E-state index in [0.29, 0.717) is 18.5 Å². The molecule has 0 radical (unpaired) electrons. The molecular weight excluding hydrogens is 244 g/mol. The predicted molar refractivity (Wildman–Crippen MR) is 72.7 cm³/mol. The van der Waals surface area contributed by atoms with E-state index in [2.05, 4.69) is 5.32 Å². The third-order valence-corrected chi connectivity index (χ3v) is 3.08. The van der Waals surface area contributed by atoms with Crippen LogP contribution in [0, 0.1) is 0 Å². The molecule has 0 saturated carbocycles. The average molecular weight is 264 g/mol. The molecule has 1 aromatic rings. The second-order valence-corrected chi connectivity index (χ2v) is 4.90.